The average Bonchev–Trinajstić information content (AvgIpc) is 2.74. The maximum absolute atomic E-state index is 12.7. The number of sulfonamides is 1. The first kappa shape index (κ1) is 18.6. The van der Waals surface area contributed by atoms with E-state index < -0.39 is 10.0 Å². The van der Waals surface area contributed by atoms with E-state index in [2.05, 4.69) is 10.3 Å². The molecule has 0 radical (unpaired) electrons. The number of carbonyl (C=O) groups excluding carboxylic acids is 1. The molecule has 0 unspecified atom stereocenters. The highest BCUT2D eigenvalue weighted by molar-refractivity contribution is 7.89. The lowest BCUT2D eigenvalue weighted by Gasteiger charge is -2.25. The number of hydrogen-bond donors (Lipinski definition) is 1. The number of piperidine rings is 1. The van der Waals surface area contributed by atoms with E-state index in [4.69, 9.17) is 0 Å². The van der Waals surface area contributed by atoms with Crippen LogP contribution in [0.25, 0.3) is 10.9 Å². The monoisotopic (exact) mass is 395 g/mol. The summed E-state index contributed by atoms with van der Waals surface area (Å²) in [6.07, 6.45) is 4.47. The van der Waals surface area contributed by atoms with Crippen molar-refractivity contribution < 1.29 is 13.2 Å². The van der Waals surface area contributed by atoms with E-state index in [-0.39, 0.29) is 10.8 Å². The third kappa shape index (κ3) is 3.63. The Morgan fingerprint density at radius 2 is 1.64 bits per heavy atom. The van der Waals surface area contributed by atoms with Crippen LogP contribution in [-0.2, 0) is 10.0 Å². The van der Waals surface area contributed by atoms with Crippen molar-refractivity contribution in [2.45, 2.75) is 24.2 Å². The van der Waals surface area contributed by atoms with Crippen molar-refractivity contribution in [3.8, 4) is 0 Å². The van der Waals surface area contributed by atoms with Gasteiger partial charge in [-0.1, -0.05) is 24.6 Å². The van der Waals surface area contributed by atoms with Gasteiger partial charge >= 0.3 is 0 Å². The Morgan fingerprint density at radius 3 is 2.39 bits per heavy atom. The molecule has 0 saturated carbocycles. The summed E-state index contributed by atoms with van der Waals surface area (Å²) < 4.78 is 27.0. The molecule has 7 heteroatoms. The molecule has 144 valence electrons. The molecule has 0 spiro atoms. The number of rotatable bonds is 4. The fourth-order valence-corrected chi connectivity index (χ4v) is 4.97. The molecule has 2 aromatic carbocycles. The molecule has 28 heavy (non-hydrogen) atoms. The van der Waals surface area contributed by atoms with Gasteiger partial charge in [-0.05, 0) is 49.2 Å². The second-order valence-corrected chi connectivity index (χ2v) is 8.76. The zero-order chi connectivity index (χ0) is 19.6. The number of carbonyl (C=O) groups is 1. The second kappa shape index (κ2) is 7.69. The van der Waals surface area contributed by atoms with Crippen molar-refractivity contribution in [1.29, 1.82) is 0 Å². The predicted molar refractivity (Wildman–Crippen MR) is 109 cm³/mol. The number of pyridine rings is 1. The van der Waals surface area contributed by atoms with Crippen molar-refractivity contribution in [3.05, 3.63) is 66.4 Å². The maximum atomic E-state index is 12.7. The first-order chi connectivity index (χ1) is 13.6. The molecular formula is C21H21N3O3S. The predicted octanol–water partition coefficient (Wildman–Crippen LogP) is 3.66. The number of nitrogens with zero attached hydrogens (tertiary/aromatic N) is 2. The van der Waals surface area contributed by atoms with Gasteiger partial charge in [-0.15, -0.1) is 0 Å². The summed E-state index contributed by atoms with van der Waals surface area (Å²) in [5.74, 6) is -0.259. The number of para-hydroxylation sites is 1. The summed E-state index contributed by atoms with van der Waals surface area (Å²) in [4.78, 5) is 17.2. The molecule has 4 rings (SSSR count). The summed E-state index contributed by atoms with van der Waals surface area (Å²) in [7, 11) is -3.48. The number of hydrogen-bond acceptors (Lipinski definition) is 4. The normalized spacial score (nSPS) is 15.4. The van der Waals surface area contributed by atoms with Crippen LogP contribution in [0.2, 0.25) is 0 Å². The lowest BCUT2D eigenvalue weighted by Crippen LogP contribution is -2.35. The minimum absolute atomic E-state index is 0.252. The first-order valence-electron chi connectivity index (χ1n) is 9.31. The Hall–Kier alpha value is -2.77. The van der Waals surface area contributed by atoms with E-state index >= 15 is 0 Å². The summed E-state index contributed by atoms with van der Waals surface area (Å²) in [5, 5.41) is 3.60. The molecule has 1 amide bonds. The van der Waals surface area contributed by atoms with Gasteiger partial charge in [-0.2, -0.15) is 4.31 Å². The lowest BCUT2D eigenvalue weighted by molar-refractivity contribution is 0.102. The third-order valence-corrected chi connectivity index (χ3v) is 6.87. The summed E-state index contributed by atoms with van der Waals surface area (Å²) >= 11 is 0. The van der Waals surface area contributed by atoms with Crippen LogP contribution in [0.15, 0.2) is 65.7 Å². The van der Waals surface area contributed by atoms with Crippen LogP contribution in [-0.4, -0.2) is 36.7 Å². The highest BCUT2D eigenvalue weighted by atomic mass is 32.2. The SMILES string of the molecule is O=C(Nc1ccc(S(=O)(=O)N2CCCCC2)cc1)c1ccnc2ccccc12. The highest BCUT2D eigenvalue weighted by Crippen LogP contribution is 2.23. The standard InChI is InChI=1S/C21H21N3O3S/c25-21(19-12-13-22-20-7-3-2-6-18(19)20)23-16-8-10-17(11-9-16)28(26,27)24-14-4-1-5-15-24/h2-3,6-13H,1,4-5,14-15H2,(H,23,25). The molecule has 1 aromatic heterocycles. The quantitative estimate of drug-likeness (QED) is 0.731. The molecular weight excluding hydrogens is 374 g/mol. The number of fused-ring (bicyclic) bond motifs is 1. The topological polar surface area (TPSA) is 79.4 Å². The van der Waals surface area contributed by atoms with Gasteiger partial charge in [0.05, 0.1) is 16.0 Å². The molecule has 1 saturated heterocycles. The zero-order valence-electron chi connectivity index (χ0n) is 15.3. The molecule has 0 aliphatic carbocycles. The minimum Gasteiger partial charge on any atom is -0.322 e. The average molecular weight is 395 g/mol. The van der Waals surface area contributed by atoms with Gasteiger partial charge in [0.15, 0.2) is 0 Å². The van der Waals surface area contributed by atoms with Crippen molar-refractivity contribution in [2.75, 3.05) is 18.4 Å². The largest absolute Gasteiger partial charge is 0.322 e. The van der Waals surface area contributed by atoms with Crippen LogP contribution < -0.4 is 5.32 Å². The highest BCUT2D eigenvalue weighted by Gasteiger charge is 2.25. The van der Waals surface area contributed by atoms with Gasteiger partial charge < -0.3 is 5.32 Å². The fraction of sp³-hybridized carbons (Fsp3) is 0.238. The number of nitrogens with one attached hydrogen (secondary N) is 1. The molecule has 0 bridgehead atoms. The van der Waals surface area contributed by atoms with Crippen LogP contribution in [0.1, 0.15) is 29.6 Å². The minimum atomic E-state index is -3.48. The lowest BCUT2D eigenvalue weighted by atomic mass is 10.1. The van der Waals surface area contributed by atoms with E-state index in [1.807, 2.05) is 24.3 Å². The maximum Gasteiger partial charge on any atom is 0.256 e. The van der Waals surface area contributed by atoms with Crippen molar-refractivity contribution in [1.82, 2.24) is 9.29 Å². The van der Waals surface area contributed by atoms with Crippen LogP contribution in [0.5, 0.6) is 0 Å². The van der Waals surface area contributed by atoms with Crippen LogP contribution in [0.3, 0.4) is 0 Å². The Balaban J connectivity index is 1.54. The molecule has 1 fully saturated rings. The van der Waals surface area contributed by atoms with Crippen LogP contribution in [0.4, 0.5) is 5.69 Å². The number of benzene rings is 2. The van der Waals surface area contributed by atoms with Crippen molar-refractivity contribution in [2.24, 2.45) is 0 Å². The third-order valence-electron chi connectivity index (χ3n) is 4.96. The van der Waals surface area contributed by atoms with E-state index in [0.717, 1.165) is 30.2 Å². The summed E-state index contributed by atoms with van der Waals surface area (Å²) in [6.45, 7) is 1.13. The van der Waals surface area contributed by atoms with E-state index in [9.17, 15) is 13.2 Å². The Labute approximate surface area is 164 Å². The second-order valence-electron chi connectivity index (χ2n) is 6.82. The van der Waals surface area contributed by atoms with E-state index in [0.29, 0.717) is 24.3 Å². The molecule has 6 nitrogen and oxygen atoms in total. The van der Waals surface area contributed by atoms with Crippen LogP contribution in [0, 0.1) is 0 Å². The summed E-state index contributed by atoms with van der Waals surface area (Å²) in [6, 6.07) is 15.5. The zero-order valence-corrected chi connectivity index (χ0v) is 16.2. The van der Waals surface area contributed by atoms with Crippen LogP contribution >= 0.6 is 0 Å². The van der Waals surface area contributed by atoms with Gasteiger partial charge in [-0.25, -0.2) is 8.42 Å². The first-order valence-corrected chi connectivity index (χ1v) is 10.7. The molecule has 1 N–H and O–H groups in total. The van der Waals surface area contributed by atoms with E-state index in [1.54, 1.807) is 36.5 Å². The Morgan fingerprint density at radius 1 is 0.929 bits per heavy atom. The number of aromatic nitrogens is 1. The van der Waals surface area contributed by atoms with E-state index in [1.165, 1.54) is 4.31 Å². The Kier molecular flexibility index (Phi) is 5.11. The van der Waals surface area contributed by atoms with Gasteiger partial charge in [0.1, 0.15) is 0 Å². The Bertz CT molecular complexity index is 1100. The smallest absolute Gasteiger partial charge is 0.256 e. The van der Waals surface area contributed by atoms with Crippen molar-refractivity contribution in [3.63, 3.8) is 0 Å². The molecule has 0 atom stereocenters. The number of anilines is 1. The fourth-order valence-electron chi connectivity index (χ4n) is 3.46. The molecule has 1 aliphatic rings. The number of amides is 1. The van der Waals surface area contributed by atoms with Gasteiger partial charge in [0, 0.05) is 30.4 Å². The van der Waals surface area contributed by atoms with Crippen molar-refractivity contribution >= 4 is 32.5 Å². The molecule has 1 aliphatic heterocycles. The molecule has 3 aromatic rings. The van der Waals surface area contributed by atoms with Gasteiger partial charge in [-0.3, -0.25) is 9.78 Å². The van der Waals surface area contributed by atoms with Gasteiger partial charge in [0.25, 0.3) is 5.91 Å². The molecule has 2 heterocycles. The summed E-state index contributed by atoms with van der Waals surface area (Å²) in [5.41, 5.74) is 1.82. The van der Waals surface area contributed by atoms with Gasteiger partial charge in [0.2, 0.25) is 10.0 Å².